The van der Waals surface area contributed by atoms with Gasteiger partial charge in [0, 0.05) is 32.8 Å². The van der Waals surface area contributed by atoms with E-state index in [-0.39, 0.29) is 0 Å². The first-order valence-corrected chi connectivity index (χ1v) is 13.9. The molecule has 0 unspecified atom stereocenters. The molecule has 5 nitrogen and oxygen atoms in total. The smallest absolute Gasteiger partial charge is 0.182 e. The number of hydrogen-bond donors (Lipinski definition) is 0. The van der Waals surface area contributed by atoms with Gasteiger partial charge in [-0.15, -0.1) is 0 Å². The Morgan fingerprint density at radius 2 is 0.881 bits per heavy atom. The van der Waals surface area contributed by atoms with E-state index < -0.39 is 0 Å². The molecule has 0 N–H and O–H groups in total. The molecule has 3 heterocycles. The van der Waals surface area contributed by atoms with Crippen molar-refractivity contribution in [3.8, 4) is 45.4 Å². The summed E-state index contributed by atoms with van der Waals surface area (Å²) in [6, 6.07) is 47.1. The first-order chi connectivity index (χ1) is 20.8. The van der Waals surface area contributed by atoms with Gasteiger partial charge in [-0.2, -0.15) is 0 Å². The van der Waals surface area contributed by atoms with E-state index >= 15 is 0 Å². The second kappa shape index (κ2) is 9.98. The van der Waals surface area contributed by atoms with E-state index in [0.29, 0.717) is 23.2 Å². The number of hydrogen-bond acceptors (Lipinski definition) is 5. The highest BCUT2D eigenvalue weighted by Crippen LogP contribution is 2.37. The fourth-order valence-corrected chi connectivity index (χ4v) is 5.50. The Labute approximate surface area is 242 Å². The lowest BCUT2D eigenvalue weighted by Gasteiger charge is -2.13. The van der Waals surface area contributed by atoms with Gasteiger partial charge in [0.1, 0.15) is 5.69 Å². The second-order valence-electron chi connectivity index (χ2n) is 10.1. The van der Waals surface area contributed by atoms with Crippen molar-refractivity contribution in [3.63, 3.8) is 0 Å². The number of fused-ring (bicyclic) bond motifs is 4. The molecule has 0 spiro atoms. The predicted molar refractivity (Wildman–Crippen MR) is 170 cm³/mol. The zero-order valence-corrected chi connectivity index (χ0v) is 22.5. The Kier molecular flexibility index (Phi) is 5.71. The van der Waals surface area contributed by atoms with Crippen LogP contribution in [0, 0.1) is 0 Å². The predicted octanol–water partition coefficient (Wildman–Crippen LogP) is 8.79. The molecule has 0 aliphatic heterocycles. The van der Waals surface area contributed by atoms with Gasteiger partial charge in [-0.3, -0.25) is 0 Å². The minimum Gasteiger partial charge on any atom is -0.245 e. The van der Waals surface area contributed by atoms with E-state index in [1.807, 2.05) is 78.9 Å². The highest BCUT2D eigenvalue weighted by atomic mass is 15.0. The van der Waals surface area contributed by atoms with Crippen LogP contribution in [0.15, 0.2) is 140 Å². The van der Waals surface area contributed by atoms with E-state index in [4.69, 9.17) is 24.9 Å². The quantitative estimate of drug-likeness (QED) is 0.166. The molecule has 8 aromatic rings. The van der Waals surface area contributed by atoms with Crippen LogP contribution < -0.4 is 0 Å². The van der Waals surface area contributed by atoms with Crippen molar-refractivity contribution >= 4 is 32.7 Å². The van der Waals surface area contributed by atoms with Gasteiger partial charge in [-0.05, 0) is 17.7 Å². The molecule has 8 rings (SSSR count). The van der Waals surface area contributed by atoms with Crippen molar-refractivity contribution in [2.24, 2.45) is 0 Å². The van der Waals surface area contributed by atoms with E-state index in [9.17, 15) is 0 Å². The maximum Gasteiger partial charge on any atom is 0.182 e. The van der Waals surface area contributed by atoms with Gasteiger partial charge >= 0.3 is 0 Å². The van der Waals surface area contributed by atoms with Crippen LogP contribution in [0.4, 0.5) is 0 Å². The van der Waals surface area contributed by atoms with E-state index in [2.05, 4.69) is 60.7 Å². The summed E-state index contributed by atoms with van der Waals surface area (Å²) in [6.45, 7) is 0. The van der Waals surface area contributed by atoms with Crippen molar-refractivity contribution in [3.05, 3.63) is 140 Å². The zero-order valence-electron chi connectivity index (χ0n) is 22.5. The minimum absolute atomic E-state index is 0.519. The molecule has 0 saturated heterocycles. The summed E-state index contributed by atoms with van der Waals surface area (Å²) in [5.74, 6) is 1.73. The third-order valence-electron chi connectivity index (χ3n) is 7.50. The summed E-state index contributed by atoms with van der Waals surface area (Å²) in [7, 11) is 0. The first kappa shape index (κ1) is 24.0. The van der Waals surface area contributed by atoms with Crippen molar-refractivity contribution in [2.75, 3.05) is 0 Å². The average Bonchev–Trinajstić information content (AvgIpc) is 3.08. The Morgan fingerprint density at radius 1 is 0.333 bits per heavy atom. The summed E-state index contributed by atoms with van der Waals surface area (Å²) in [5.41, 5.74) is 7.42. The zero-order chi connectivity index (χ0) is 27.9. The summed E-state index contributed by atoms with van der Waals surface area (Å²) in [4.78, 5) is 24.9. The number of benzene rings is 5. The van der Waals surface area contributed by atoms with Gasteiger partial charge in [0.25, 0.3) is 0 Å². The van der Waals surface area contributed by atoms with Gasteiger partial charge < -0.3 is 0 Å². The molecule has 5 heteroatoms. The molecule has 0 saturated carbocycles. The van der Waals surface area contributed by atoms with Crippen LogP contribution in [0.2, 0.25) is 0 Å². The summed E-state index contributed by atoms with van der Waals surface area (Å²) in [5, 5.41) is 3.18. The summed E-state index contributed by atoms with van der Waals surface area (Å²) in [6.07, 6.45) is 0. The Bertz CT molecular complexity index is 2170. The van der Waals surface area contributed by atoms with Crippen LogP contribution in [0.1, 0.15) is 0 Å². The second-order valence-corrected chi connectivity index (χ2v) is 10.1. The maximum absolute atomic E-state index is 5.17. The van der Waals surface area contributed by atoms with Crippen LogP contribution in [0.5, 0.6) is 0 Å². The van der Waals surface area contributed by atoms with Crippen LogP contribution in [-0.4, -0.2) is 24.9 Å². The molecule has 0 aliphatic rings. The topological polar surface area (TPSA) is 64.5 Å². The SMILES string of the molecule is c1ccc(-c2nc(-c3ccccc3)nc(-c3ccc4ccc5c(-c6ccccc6)c6ccccc6nc5c4n3)n2)cc1. The largest absolute Gasteiger partial charge is 0.245 e. The van der Waals surface area contributed by atoms with Gasteiger partial charge in [-0.25, -0.2) is 24.9 Å². The third-order valence-corrected chi connectivity index (χ3v) is 7.50. The number of rotatable bonds is 4. The lowest BCUT2D eigenvalue weighted by Crippen LogP contribution is -2.01. The average molecular weight is 538 g/mol. The highest BCUT2D eigenvalue weighted by Gasteiger charge is 2.17. The highest BCUT2D eigenvalue weighted by molar-refractivity contribution is 6.16. The Hall–Kier alpha value is -5.81. The normalized spacial score (nSPS) is 11.3. The number of para-hydroxylation sites is 1. The van der Waals surface area contributed by atoms with E-state index in [1.54, 1.807) is 0 Å². The molecule has 0 aliphatic carbocycles. The molecule has 0 radical (unpaired) electrons. The monoisotopic (exact) mass is 537 g/mol. The van der Waals surface area contributed by atoms with Crippen LogP contribution in [0.3, 0.4) is 0 Å². The molecule has 5 aromatic carbocycles. The summed E-state index contributed by atoms with van der Waals surface area (Å²) < 4.78 is 0. The molecular weight excluding hydrogens is 514 g/mol. The van der Waals surface area contributed by atoms with Crippen molar-refractivity contribution < 1.29 is 0 Å². The van der Waals surface area contributed by atoms with E-state index in [0.717, 1.165) is 55.0 Å². The molecule has 42 heavy (non-hydrogen) atoms. The van der Waals surface area contributed by atoms with Crippen LogP contribution in [-0.2, 0) is 0 Å². The summed E-state index contributed by atoms with van der Waals surface area (Å²) >= 11 is 0. The molecule has 196 valence electrons. The van der Waals surface area contributed by atoms with E-state index in [1.165, 1.54) is 0 Å². The molecule has 0 atom stereocenters. The fraction of sp³-hybridized carbons (Fsp3) is 0. The third kappa shape index (κ3) is 4.16. The lowest BCUT2D eigenvalue weighted by molar-refractivity contribution is 1.06. The molecule has 0 amide bonds. The van der Waals surface area contributed by atoms with Gasteiger partial charge in [0.15, 0.2) is 17.5 Å². The number of pyridine rings is 2. The Balaban J connectivity index is 1.39. The first-order valence-electron chi connectivity index (χ1n) is 13.9. The minimum atomic E-state index is 0.519. The van der Waals surface area contributed by atoms with Crippen molar-refractivity contribution in [2.45, 2.75) is 0 Å². The maximum atomic E-state index is 5.17. The molecule has 0 bridgehead atoms. The van der Waals surface area contributed by atoms with Gasteiger partial charge in [0.2, 0.25) is 0 Å². The number of nitrogens with zero attached hydrogens (tertiary/aromatic N) is 5. The molecule has 3 aromatic heterocycles. The number of aromatic nitrogens is 5. The molecule has 0 fully saturated rings. The van der Waals surface area contributed by atoms with Crippen LogP contribution in [0.25, 0.3) is 78.1 Å². The van der Waals surface area contributed by atoms with Gasteiger partial charge in [-0.1, -0.05) is 127 Å². The van der Waals surface area contributed by atoms with Gasteiger partial charge in [0.05, 0.1) is 16.6 Å². The van der Waals surface area contributed by atoms with Crippen molar-refractivity contribution in [1.82, 2.24) is 24.9 Å². The Morgan fingerprint density at radius 3 is 1.55 bits per heavy atom. The fourth-order valence-electron chi connectivity index (χ4n) is 5.50. The van der Waals surface area contributed by atoms with Crippen molar-refractivity contribution in [1.29, 1.82) is 0 Å². The standard InChI is InChI=1S/C37H23N5/c1-4-12-24(13-5-1)32-28-18-10-11-19-30(28)38-34-29(32)22-20-25-21-23-31(39-33(25)34)37-41-35(26-14-6-2-7-15-26)40-36(42-37)27-16-8-3-9-17-27/h1-23H. The van der Waals surface area contributed by atoms with Crippen LogP contribution >= 0.6 is 0 Å². The molecular formula is C37H23N5. The lowest BCUT2D eigenvalue weighted by atomic mass is 9.95.